The van der Waals surface area contributed by atoms with E-state index in [1.807, 2.05) is 13.0 Å². The van der Waals surface area contributed by atoms with Crippen LogP contribution in [-0.4, -0.2) is 16.1 Å². The fraction of sp³-hybridized carbons (Fsp3) is 0.200. The summed E-state index contributed by atoms with van der Waals surface area (Å²) in [5.74, 6) is -1.44. The second-order valence-corrected chi connectivity index (χ2v) is 4.67. The summed E-state index contributed by atoms with van der Waals surface area (Å²) in [6, 6.07) is 5.81. The summed E-state index contributed by atoms with van der Waals surface area (Å²) in [4.78, 5) is 15.0. The second-order valence-electron chi connectivity index (χ2n) is 4.67. The van der Waals surface area contributed by atoms with E-state index in [0.717, 1.165) is 11.1 Å². The van der Waals surface area contributed by atoms with E-state index in [2.05, 4.69) is 4.98 Å². The van der Waals surface area contributed by atoms with E-state index in [9.17, 15) is 18.0 Å². The average molecular weight is 295 g/mol. The van der Waals surface area contributed by atoms with Crippen LogP contribution in [0.2, 0.25) is 0 Å². The Morgan fingerprint density at radius 3 is 2.48 bits per heavy atom. The van der Waals surface area contributed by atoms with Crippen LogP contribution in [0.3, 0.4) is 0 Å². The number of carboxylic acids is 1. The lowest BCUT2D eigenvalue weighted by molar-refractivity contribution is -0.137. The van der Waals surface area contributed by atoms with Crippen molar-refractivity contribution in [1.29, 1.82) is 0 Å². The number of nitrogens with zero attached hydrogens (tertiary/aromatic N) is 1. The van der Waals surface area contributed by atoms with E-state index >= 15 is 0 Å². The monoisotopic (exact) mass is 295 g/mol. The van der Waals surface area contributed by atoms with Crippen LogP contribution in [0.25, 0.3) is 11.3 Å². The van der Waals surface area contributed by atoms with Gasteiger partial charge in [0, 0.05) is 11.8 Å². The van der Waals surface area contributed by atoms with Crippen LogP contribution in [-0.2, 0) is 6.18 Å². The van der Waals surface area contributed by atoms with Gasteiger partial charge in [-0.2, -0.15) is 13.2 Å². The van der Waals surface area contributed by atoms with Crippen LogP contribution in [0, 0.1) is 13.8 Å². The molecule has 3 nitrogen and oxygen atoms in total. The number of carboxylic acid groups (broad SMARTS) is 1. The summed E-state index contributed by atoms with van der Waals surface area (Å²) < 4.78 is 38.0. The Morgan fingerprint density at radius 2 is 1.90 bits per heavy atom. The second kappa shape index (κ2) is 5.20. The standard InChI is InChI=1S/C15H12F3NO2/c1-8-4-3-5-11(9(8)2)13-12(14(20)21)6-10(7-19-13)15(16,17)18/h3-7H,1-2H3,(H,20,21). The lowest BCUT2D eigenvalue weighted by Crippen LogP contribution is -2.10. The van der Waals surface area contributed by atoms with Crippen molar-refractivity contribution < 1.29 is 23.1 Å². The SMILES string of the molecule is Cc1cccc(-c2ncc(C(F)(F)F)cc2C(=O)O)c1C. The molecule has 1 N–H and O–H groups in total. The molecule has 6 heteroatoms. The summed E-state index contributed by atoms with van der Waals surface area (Å²) in [5, 5.41) is 9.17. The maximum Gasteiger partial charge on any atom is 0.417 e. The Kier molecular flexibility index (Phi) is 3.72. The molecule has 0 unspecified atom stereocenters. The number of aromatic carboxylic acids is 1. The van der Waals surface area contributed by atoms with Crippen LogP contribution in [0.4, 0.5) is 13.2 Å². The van der Waals surface area contributed by atoms with Crippen LogP contribution in [0.1, 0.15) is 27.0 Å². The number of aromatic nitrogens is 1. The van der Waals surface area contributed by atoms with Crippen molar-refractivity contribution in [1.82, 2.24) is 4.98 Å². The van der Waals surface area contributed by atoms with Crippen LogP contribution in [0.15, 0.2) is 30.5 Å². The van der Waals surface area contributed by atoms with E-state index in [-0.39, 0.29) is 5.69 Å². The van der Waals surface area contributed by atoms with Gasteiger partial charge in [0.25, 0.3) is 0 Å². The quantitative estimate of drug-likeness (QED) is 0.908. The third-order valence-electron chi connectivity index (χ3n) is 3.31. The molecule has 0 fully saturated rings. The maximum absolute atomic E-state index is 12.7. The predicted octanol–water partition coefficient (Wildman–Crippen LogP) is 4.08. The topological polar surface area (TPSA) is 50.2 Å². The first-order chi connectivity index (χ1) is 9.71. The normalized spacial score (nSPS) is 11.5. The average Bonchev–Trinajstić information content (AvgIpc) is 2.40. The van der Waals surface area contributed by atoms with Gasteiger partial charge in [-0.1, -0.05) is 18.2 Å². The molecule has 0 aliphatic carbocycles. The molecule has 2 aromatic rings. The number of pyridine rings is 1. The van der Waals surface area contributed by atoms with Gasteiger partial charge in [0.05, 0.1) is 16.8 Å². The van der Waals surface area contributed by atoms with Crippen molar-refractivity contribution in [2.75, 3.05) is 0 Å². The maximum atomic E-state index is 12.7. The van der Waals surface area contributed by atoms with Crippen LogP contribution >= 0.6 is 0 Å². The van der Waals surface area contributed by atoms with Gasteiger partial charge in [-0.15, -0.1) is 0 Å². The molecule has 0 saturated carbocycles. The minimum atomic E-state index is -4.63. The first-order valence-electron chi connectivity index (χ1n) is 6.09. The highest BCUT2D eigenvalue weighted by Crippen LogP contribution is 2.33. The lowest BCUT2D eigenvalue weighted by Gasteiger charge is -2.13. The lowest BCUT2D eigenvalue weighted by atomic mass is 9.97. The molecule has 1 aromatic heterocycles. The molecule has 0 radical (unpaired) electrons. The number of hydrogen-bond acceptors (Lipinski definition) is 2. The number of benzene rings is 1. The van der Waals surface area contributed by atoms with Crippen LogP contribution < -0.4 is 0 Å². The van der Waals surface area contributed by atoms with Gasteiger partial charge < -0.3 is 5.11 Å². The number of aryl methyl sites for hydroxylation is 1. The molecule has 1 aromatic carbocycles. The van der Waals surface area contributed by atoms with Crippen molar-refractivity contribution in [3.63, 3.8) is 0 Å². The zero-order valence-electron chi connectivity index (χ0n) is 11.3. The van der Waals surface area contributed by atoms with E-state index in [1.165, 1.54) is 0 Å². The molecule has 2 rings (SSSR count). The summed E-state index contributed by atoms with van der Waals surface area (Å²) in [5.41, 5.74) is 0.711. The molecule has 1 heterocycles. The highest BCUT2D eigenvalue weighted by molar-refractivity contribution is 5.95. The van der Waals surface area contributed by atoms with Gasteiger partial charge in [-0.3, -0.25) is 4.98 Å². The Labute approximate surface area is 119 Å². The third kappa shape index (κ3) is 2.89. The molecule has 0 atom stereocenters. The summed E-state index contributed by atoms with van der Waals surface area (Å²) in [6.07, 6.45) is -3.97. The van der Waals surface area contributed by atoms with E-state index < -0.39 is 23.3 Å². The van der Waals surface area contributed by atoms with E-state index in [1.54, 1.807) is 19.1 Å². The van der Waals surface area contributed by atoms with E-state index in [4.69, 9.17) is 5.11 Å². The zero-order valence-corrected chi connectivity index (χ0v) is 11.3. The molecular formula is C15H12F3NO2. The molecule has 0 amide bonds. The minimum Gasteiger partial charge on any atom is -0.478 e. The van der Waals surface area contributed by atoms with Gasteiger partial charge in [-0.05, 0) is 31.0 Å². The van der Waals surface area contributed by atoms with Crippen molar-refractivity contribution in [3.8, 4) is 11.3 Å². The number of carbonyl (C=O) groups is 1. The largest absolute Gasteiger partial charge is 0.478 e. The molecule has 0 saturated heterocycles. The number of hydrogen-bond donors (Lipinski definition) is 1. The molecule has 110 valence electrons. The summed E-state index contributed by atoms with van der Waals surface area (Å²) >= 11 is 0. The summed E-state index contributed by atoms with van der Waals surface area (Å²) in [7, 11) is 0. The molecule has 0 bridgehead atoms. The van der Waals surface area contributed by atoms with Gasteiger partial charge in [0.1, 0.15) is 0 Å². The molecule has 0 aliphatic rings. The van der Waals surface area contributed by atoms with Crippen LogP contribution in [0.5, 0.6) is 0 Å². The van der Waals surface area contributed by atoms with Gasteiger partial charge in [0.15, 0.2) is 0 Å². The highest BCUT2D eigenvalue weighted by atomic mass is 19.4. The Morgan fingerprint density at radius 1 is 1.24 bits per heavy atom. The fourth-order valence-electron chi connectivity index (χ4n) is 2.01. The van der Waals surface area contributed by atoms with Gasteiger partial charge >= 0.3 is 12.1 Å². The zero-order chi connectivity index (χ0) is 15.8. The van der Waals surface area contributed by atoms with Gasteiger partial charge in [0.2, 0.25) is 0 Å². The van der Waals surface area contributed by atoms with E-state index in [0.29, 0.717) is 17.8 Å². The summed E-state index contributed by atoms with van der Waals surface area (Å²) in [6.45, 7) is 3.61. The van der Waals surface area contributed by atoms with Crippen molar-refractivity contribution in [2.45, 2.75) is 20.0 Å². The Balaban J connectivity index is 2.70. The number of alkyl halides is 3. The van der Waals surface area contributed by atoms with Crippen molar-refractivity contribution >= 4 is 5.97 Å². The Bertz CT molecular complexity index is 709. The number of halogens is 3. The first kappa shape index (κ1) is 15.0. The molecule has 0 aliphatic heterocycles. The smallest absolute Gasteiger partial charge is 0.417 e. The minimum absolute atomic E-state index is 0.0386. The third-order valence-corrected chi connectivity index (χ3v) is 3.31. The highest BCUT2D eigenvalue weighted by Gasteiger charge is 2.32. The number of rotatable bonds is 2. The Hall–Kier alpha value is -2.37. The van der Waals surface area contributed by atoms with Gasteiger partial charge in [-0.25, -0.2) is 4.79 Å². The molecule has 21 heavy (non-hydrogen) atoms. The molecule has 0 spiro atoms. The predicted molar refractivity (Wildman–Crippen MR) is 71.1 cm³/mol. The van der Waals surface area contributed by atoms with Crippen molar-refractivity contribution in [3.05, 3.63) is 52.7 Å². The molecular weight excluding hydrogens is 283 g/mol. The fourth-order valence-corrected chi connectivity index (χ4v) is 2.01. The first-order valence-corrected chi connectivity index (χ1v) is 6.09. The van der Waals surface area contributed by atoms with Crippen molar-refractivity contribution in [2.24, 2.45) is 0 Å².